The van der Waals surface area contributed by atoms with Crippen LogP contribution in [0.4, 0.5) is 0 Å². The summed E-state index contributed by atoms with van der Waals surface area (Å²) in [5.41, 5.74) is 19.6. The third kappa shape index (κ3) is 11.4. The second-order valence-electron chi connectivity index (χ2n) is 31.0. The average molecular weight is 1530 g/mol. The first-order chi connectivity index (χ1) is 59.4. The Morgan fingerprint density at radius 2 is 0.400 bits per heavy atom. The third-order valence-corrected chi connectivity index (χ3v) is 24.1. The first-order valence-corrected chi connectivity index (χ1v) is 40.6. The van der Waals surface area contributed by atoms with Crippen LogP contribution in [0.3, 0.4) is 0 Å². The van der Waals surface area contributed by atoms with E-state index < -0.39 is 0 Å². The van der Waals surface area contributed by atoms with Crippen molar-refractivity contribution in [1.29, 1.82) is 0 Å². The summed E-state index contributed by atoms with van der Waals surface area (Å²) in [6.07, 6.45) is 0. The van der Waals surface area contributed by atoms with E-state index in [-0.39, 0.29) is 0 Å². The topological polar surface area (TPSA) is 97.1 Å². The monoisotopic (exact) mass is 1530 g/mol. The second-order valence-corrected chi connectivity index (χ2v) is 31.0. The van der Waals surface area contributed by atoms with Crippen molar-refractivity contribution < 1.29 is 0 Å². The Hall–Kier alpha value is -16.3. The summed E-state index contributed by atoms with van der Waals surface area (Å²) in [5.74, 6) is 3.67. The van der Waals surface area contributed by atoms with Crippen LogP contribution >= 0.6 is 0 Å². The molecule has 10 nitrogen and oxygen atoms in total. The van der Waals surface area contributed by atoms with Crippen molar-refractivity contribution >= 4 is 141 Å². The van der Waals surface area contributed by atoms with Crippen molar-refractivity contribution in [2.24, 2.45) is 0 Å². The van der Waals surface area contributed by atoms with Gasteiger partial charge in [0.15, 0.2) is 23.3 Å². The molecule has 558 valence electrons. The molecule has 120 heavy (non-hydrogen) atoms. The van der Waals surface area contributed by atoms with Crippen LogP contribution in [0.15, 0.2) is 413 Å². The first kappa shape index (κ1) is 68.1. The van der Waals surface area contributed by atoms with Gasteiger partial charge in [-0.3, -0.25) is 9.13 Å². The molecule has 6 heterocycles. The summed E-state index contributed by atoms with van der Waals surface area (Å²) in [5, 5.41) is 21.2. The van der Waals surface area contributed by atoms with E-state index in [0.717, 1.165) is 110 Å². The third-order valence-electron chi connectivity index (χ3n) is 24.1. The van der Waals surface area contributed by atoms with Crippen LogP contribution in [-0.2, 0) is 0 Å². The molecule has 0 radical (unpaired) electrons. The summed E-state index contributed by atoms with van der Waals surface area (Å²) >= 11 is 0. The quantitative estimate of drug-likeness (QED) is 0.135. The van der Waals surface area contributed by atoms with Crippen LogP contribution < -0.4 is 0 Å². The van der Waals surface area contributed by atoms with Gasteiger partial charge in [0.1, 0.15) is 0 Å². The fraction of sp³-hybridized carbons (Fsp3) is 0. The summed E-state index contributed by atoms with van der Waals surface area (Å²) in [4.78, 5) is 31.3. The molecule has 19 aromatic carbocycles. The van der Waals surface area contributed by atoms with Gasteiger partial charge in [-0.2, -0.15) is 19.9 Å². The van der Waals surface area contributed by atoms with Gasteiger partial charge in [0, 0.05) is 76.4 Å². The van der Waals surface area contributed by atoms with E-state index in [1.807, 2.05) is 0 Å². The molecule has 0 amide bonds. The fourth-order valence-electron chi connectivity index (χ4n) is 18.3. The maximum Gasteiger partial charge on any atom is 0.238 e. The van der Waals surface area contributed by atoms with Gasteiger partial charge in [0.05, 0.1) is 49.8 Å². The number of benzene rings is 19. The number of hydrogen-bond donors (Lipinski definition) is 0. The van der Waals surface area contributed by atoms with E-state index >= 15 is 0 Å². The Balaban J connectivity index is 0.000000137. The Morgan fingerprint density at radius 1 is 0.142 bits per heavy atom. The Labute approximate surface area is 688 Å². The van der Waals surface area contributed by atoms with Gasteiger partial charge >= 0.3 is 0 Å². The number of hydrogen-bond acceptors (Lipinski definition) is 6. The summed E-state index contributed by atoms with van der Waals surface area (Å²) in [7, 11) is 0. The zero-order valence-corrected chi connectivity index (χ0v) is 64.7. The van der Waals surface area contributed by atoms with Gasteiger partial charge < -0.3 is 9.13 Å². The highest BCUT2D eigenvalue weighted by Crippen LogP contribution is 2.43. The number of nitrogens with zero attached hydrogens (tertiary/aromatic N) is 10. The van der Waals surface area contributed by atoms with Gasteiger partial charge in [-0.05, 0) is 186 Å². The summed E-state index contributed by atoms with van der Waals surface area (Å²) in [6, 6.07) is 147. The first-order valence-electron chi connectivity index (χ1n) is 40.6. The zero-order valence-electron chi connectivity index (χ0n) is 64.7. The molecule has 0 saturated carbocycles. The highest BCUT2D eigenvalue weighted by Gasteiger charge is 2.24. The zero-order chi connectivity index (χ0) is 78.9. The Morgan fingerprint density at radius 3 is 0.767 bits per heavy atom. The maximum absolute atomic E-state index is 5.27. The number of aromatic nitrogens is 10. The minimum Gasteiger partial charge on any atom is -0.309 e. The molecule has 0 aliphatic rings. The molecular formula is C110H68N10. The Kier molecular flexibility index (Phi) is 15.7. The normalized spacial score (nSPS) is 11.8. The molecule has 0 saturated heterocycles. The van der Waals surface area contributed by atoms with Crippen molar-refractivity contribution in [3.05, 3.63) is 413 Å². The fourth-order valence-corrected chi connectivity index (χ4v) is 18.3. The predicted octanol–water partition coefficient (Wildman–Crippen LogP) is 27.9. The standard InChI is InChI=1S/C57H35N5.C53H33N5/c1-3-15-39-32-43(26-24-36(39)12-1)55-58-56(44-27-25-37-13-2-4-16-40(37)33-44)60-57(59-55)62-52-22-10-8-20-47(52)49-35-42(29-31-54(49)62)41-28-30-53-48(34-41)46-19-7-9-21-51(46)61(53)50-23-11-17-38-14-5-6-18-45(38)50;1-2-16-42(17-3-1)57-47-20-10-8-18-43(47)45-32-38(26-28-49(45)57)39-27-29-50-46(33-39)44-19-9-11-21-48(44)58(50)53-55-51(40-24-22-34-12-4-6-14-36(34)30-40)54-52(56-53)41-25-23-35-13-5-7-15-37(35)31-41/h1-35H;1-33H. The molecule has 0 atom stereocenters. The molecule has 25 rings (SSSR count). The van der Waals surface area contributed by atoms with Crippen LogP contribution in [0.2, 0.25) is 0 Å². The van der Waals surface area contributed by atoms with E-state index in [9.17, 15) is 0 Å². The van der Waals surface area contributed by atoms with E-state index in [4.69, 9.17) is 29.9 Å². The average Bonchev–Trinajstić information content (AvgIpc) is 1.58. The van der Waals surface area contributed by atoms with Crippen molar-refractivity contribution in [2.75, 3.05) is 0 Å². The molecule has 0 spiro atoms. The van der Waals surface area contributed by atoms with Gasteiger partial charge in [-0.25, -0.2) is 9.97 Å². The number of para-hydroxylation sites is 5. The SMILES string of the molecule is c1ccc(-n2c3ccccc3c3cc(-c4ccc5c(c4)c4ccccc4n5-c4nc(-c5ccc6ccccc6c5)nc(-c5ccc6ccccc6c5)n4)ccc32)cc1.c1ccc2cc(-c3nc(-c4ccc5ccccc5c4)nc(-n4c5ccccc5c5cc(-c6ccc7c(c6)c6ccccc6n7-c6cccc7ccccc67)ccc54)n3)ccc2c1. The van der Waals surface area contributed by atoms with Crippen molar-refractivity contribution in [3.8, 4) is 91.1 Å². The van der Waals surface area contributed by atoms with Crippen molar-refractivity contribution in [1.82, 2.24) is 48.2 Å². The smallest absolute Gasteiger partial charge is 0.238 e. The lowest BCUT2D eigenvalue weighted by Crippen LogP contribution is -2.06. The van der Waals surface area contributed by atoms with Crippen LogP contribution in [0.5, 0.6) is 0 Å². The lowest BCUT2D eigenvalue weighted by Gasteiger charge is -2.12. The molecular weight excluding hydrogens is 1460 g/mol. The van der Waals surface area contributed by atoms with E-state index in [0.29, 0.717) is 35.2 Å². The molecule has 0 bridgehead atoms. The highest BCUT2D eigenvalue weighted by atomic mass is 15.2. The number of fused-ring (bicyclic) bond motifs is 17. The van der Waals surface area contributed by atoms with Crippen LogP contribution in [0.25, 0.3) is 232 Å². The largest absolute Gasteiger partial charge is 0.309 e. The molecule has 10 heteroatoms. The molecule has 6 aromatic heterocycles. The molecule has 0 unspecified atom stereocenters. The van der Waals surface area contributed by atoms with E-state index in [1.165, 1.54) is 87.2 Å². The molecule has 0 fully saturated rings. The summed E-state index contributed by atoms with van der Waals surface area (Å²) < 4.78 is 9.17. The summed E-state index contributed by atoms with van der Waals surface area (Å²) in [6.45, 7) is 0. The van der Waals surface area contributed by atoms with Gasteiger partial charge in [-0.15, -0.1) is 0 Å². The lowest BCUT2D eigenvalue weighted by atomic mass is 10.0. The molecule has 0 aliphatic carbocycles. The molecule has 0 N–H and O–H groups in total. The minimum absolute atomic E-state index is 0.577. The van der Waals surface area contributed by atoms with Gasteiger partial charge in [0.2, 0.25) is 11.9 Å². The van der Waals surface area contributed by atoms with Crippen LogP contribution in [0, 0.1) is 0 Å². The van der Waals surface area contributed by atoms with Crippen LogP contribution in [0.1, 0.15) is 0 Å². The predicted molar refractivity (Wildman–Crippen MR) is 497 cm³/mol. The number of rotatable bonds is 10. The minimum atomic E-state index is 0.577. The van der Waals surface area contributed by atoms with Gasteiger partial charge in [0.25, 0.3) is 0 Å². The van der Waals surface area contributed by atoms with Crippen LogP contribution in [-0.4, -0.2) is 48.2 Å². The van der Waals surface area contributed by atoms with E-state index in [1.54, 1.807) is 0 Å². The second kappa shape index (κ2) is 27.7. The van der Waals surface area contributed by atoms with E-state index in [2.05, 4.69) is 431 Å². The van der Waals surface area contributed by atoms with Crippen molar-refractivity contribution in [2.45, 2.75) is 0 Å². The molecule has 25 aromatic rings. The lowest BCUT2D eigenvalue weighted by molar-refractivity contribution is 0.953. The van der Waals surface area contributed by atoms with Gasteiger partial charge in [-0.1, -0.05) is 297 Å². The molecule has 0 aliphatic heterocycles. The highest BCUT2D eigenvalue weighted by molar-refractivity contribution is 6.16. The Bertz CT molecular complexity index is 8320. The van der Waals surface area contributed by atoms with Crippen molar-refractivity contribution in [3.63, 3.8) is 0 Å². The maximum atomic E-state index is 5.27.